The Morgan fingerprint density at radius 2 is 2.29 bits per heavy atom. The van der Waals surface area contributed by atoms with Crippen LogP contribution in [0, 0.1) is 0 Å². The van der Waals surface area contributed by atoms with Gasteiger partial charge in [-0.05, 0) is 42.7 Å². The average molecular weight is 302 g/mol. The number of hydrogen-bond donors (Lipinski definition) is 1. The third-order valence-electron chi connectivity index (χ3n) is 2.80. The van der Waals surface area contributed by atoms with Crippen LogP contribution >= 0.6 is 11.3 Å². The quantitative estimate of drug-likeness (QED) is 0.662. The molecule has 0 saturated carbocycles. The molecule has 0 bridgehead atoms. The zero-order valence-electron chi connectivity index (χ0n) is 12.3. The van der Waals surface area contributed by atoms with Crippen molar-refractivity contribution in [2.45, 2.75) is 26.7 Å². The van der Waals surface area contributed by atoms with E-state index in [1.807, 2.05) is 36.6 Å². The van der Waals surface area contributed by atoms with Crippen LogP contribution in [0.1, 0.15) is 47.7 Å². The van der Waals surface area contributed by atoms with Crippen LogP contribution in [0.2, 0.25) is 0 Å². The van der Waals surface area contributed by atoms with Crippen molar-refractivity contribution >= 4 is 29.5 Å². The van der Waals surface area contributed by atoms with Crippen molar-refractivity contribution in [2.75, 3.05) is 0 Å². The minimum Gasteiger partial charge on any atom is -0.465 e. The van der Waals surface area contributed by atoms with E-state index < -0.39 is 0 Å². The van der Waals surface area contributed by atoms with E-state index in [9.17, 15) is 4.79 Å². The van der Waals surface area contributed by atoms with Gasteiger partial charge in [-0.3, -0.25) is 4.79 Å². The molecule has 2 rings (SSSR count). The fourth-order valence-corrected chi connectivity index (χ4v) is 2.57. The minimum atomic E-state index is -0.194. The van der Waals surface area contributed by atoms with Crippen LogP contribution in [-0.4, -0.2) is 12.1 Å². The Morgan fingerprint density at radius 3 is 2.90 bits per heavy atom. The molecule has 0 saturated heterocycles. The molecule has 0 unspecified atom stereocenters. The molecule has 21 heavy (non-hydrogen) atoms. The predicted octanol–water partition coefficient (Wildman–Crippen LogP) is 4.28. The Morgan fingerprint density at radius 1 is 1.48 bits per heavy atom. The number of rotatable bonds is 5. The number of carbonyl (C=O) groups is 1. The molecule has 0 radical (unpaired) electrons. The minimum absolute atomic E-state index is 0.194. The molecule has 0 fully saturated rings. The van der Waals surface area contributed by atoms with E-state index in [2.05, 4.69) is 24.4 Å². The van der Waals surface area contributed by atoms with Crippen molar-refractivity contribution in [3.8, 4) is 0 Å². The third kappa shape index (κ3) is 4.43. The largest absolute Gasteiger partial charge is 0.465 e. The maximum Gasteiger partial charge on any atom is 0.272 e. The van der Waals surface area contributed by atoms with E-state index in [-0.39, 0.29) is 5.91 Å². The summed E-state index contributed by atoms with van der Waals surface area (Å²) in [6.07, 6.45) is 5.05. The summed E-state index contributed by atoms with van der Waals surface area (Å²) >= 11 is 1.59. The van der Waals surface area contributed by atoms with Gasteiger partial charge in [0.15, 0.2) is 0 Å². The Labute approximate surface area is 128 Å². The van der Waals surface area contributed by atoms with E-state index in [1.54, 1.807) is 23.8 Å². The molecule has 0 aliphatic rings. The lowest BCUT2D eigenvalue weighted by atomic mass is 10.1. The van der Waals surface area contributed by atoms with Gasteiger partial charge in [0, 0.05) is 10.3 Å². The van der Waals surface area contributed by atoms with Gasteiger partial charge >= 0.3 is 0 Å². The summed E-state index contributed by atoms with van der Waals surface area (Å²) in [7, 11) is 0. The van der Waals surface area contributed by atoms with Crippen LogP contribution in [-0.2, 0) is 0 Å². The lowest BCUT2D eigenvalue weighted by Crippen LogP contribution is -2.16. The van der Waals surface area contributed by atoms with Crippen molar-refractivity contribution in [3.63, 3.8) is 0 Å². The zero-order chi connectivity index (χ0) is 15.2. The van der Waals surface area contributed by atoms with E-state index in [1.165, 1.54) is 4.88 Å². The molecule has 0 aliphatic carbocycles. The lowest BCUT2D eigenvalue weighted by molar-refractivity contribution is 0.0955. The van der Waals surface area contributed by atoms with E-state index >= 15 is 0 Å². The first-order valence-corrected chi connectivity index (χ1v) is 7.58. The van der Waals surface area contributed by atoms with Gasteiger partial charge in [0.25, 0.3) is 5.91 Å². The molecule has 2 heterocycles. The number of amides is 1. The summed E-state index contributed by atoms with van der Waals surface area (Å²) in [6, 6.07) is 5.58. The fraction of sp³-hybridized carbons (Fsp3) is 0.250. The first-order valence-electron chi connectivity index (χ1n) is 6.70. The van der Waals surface area contributed by atoms with Crippen LogP contribution in [0.25, 0.3) is 6.08 Å². The molecule has 0 atom stereocenters. The van der Waals surface area contributed by atoms with E-state index in [4.69, 9.17) is 4.42 Å². The van der Waals surface area contributed by atoms with Gasteiger partial charge in [0.1, 0.15) is 5.76 Å². The van der Waals surface area contributed by atoms with Gasteiger partial charge in [-0.15, -0.1) is 11.3 Å². The number of hydrazone groups is 1. The maximum atomic E-state index is 11.9. The number of hydrogen-bond acceptors (Lipinski definition) is 4. The number of furan rings is 1. The molecule has 0 spiro atoms. The van der Waals surface area contributed by atoms with Gasteiger partial charge in [-0.1, -0.05) is 13.8 Å². The summed E-state index contributed by atoms with van der Waals surface area (Å²) in [6.45, 7) is 6.10. The van der Waals surface area contributed by atoms with Crippen molar-refractivity contribution in [2.24, 2.45) is 5.10 Å². The second-order valence-electron chi connectivity index (χ2n) is 5.00. The molecular formula is C16H18N2O2S. The zero-order valence-corrected chi connectivity index (χ0v) is 13.1. The Bertz CT molecular complexity index is 652. The molecule has 1 N–H and O–H groups in total. The highest BCUT2D eigenvalue weighted by Gasteiger charge is 2.09. The highest BCUT2D eigenvalue weighted by Crippen LogP contribution is 2.22. The van der Waals surface area contributed by atoms with Crippen molar-refractivity contribution in [1.82, 2.24) is 5.43 Å². The Balaban J connectivity index is 1.92. The molecule has 110 valence electrons. The summed E-state index contributed by atoms with van der Waals surface area (Å²) in [5.41, 5.74) is 4.06. The summed E-state index contributed by atoms with van der Waals surface area (Å²) in [4.78, 5) is 13.1. The number of carbonyl (C=O) groups excluding carboxylic acids is 1. The van der Waals surface area contributed by atoms with E-state index in [0.29, 0.717) is 11.5 Å². The highest BCUT2D eigenvalue weighted by molar-refractivity contribution is 7.10. The predicted molar refractivity (Wildman–Crippen MR) is 86.7 cm³/mol. The number of thiophene rings is 1. The van der Waals surface area contributed by atoms with Gasteiger partial charge in [-0.2, -0.15) is 5.10 Å². The van der Waals surface area contributed by atoms with Gasteiger partial charge < -0.3 is 4.42 Å². The summed E-state index contributed by atoms with van der Waals surface area (Å²) < 4.78 is 5.20. The van der Waals surface area contributed by atoms with Crippen LogP contribution in [0.3, 0.4) is 0 Å². The van der Waals surface area contributed by atoms with E-state index in [0.717, 1.165) is 11.3 Å². The molecule has 2 aromatic rings. The molecule has 1 amide bonds. The first kappa shape index (κ1) is 15.3. The number of nitrogens with zero attached hydrogens (tertiary/aromatic N) is 1. The first-order chi connectivity index (χ1) is 10.1. The van der Waals surface area contributed by atoms with Gasteiger partial charge in [-0.25, -0.2) is 5.43 Å². The van der Waals surface area contributed by atoms with Crippen LogP contribution in [0.4, 0.5) is 0 Å². The second-order valence-corrected chi connectivity index (χ2v) is 5.94. The second kappa shape index (κ2) is 7.04. The molecule has 5 heteroatoms. The third-order valence-corrected chi connectivity index (χ3v) is 4.03. The fourth-order valence-electron chi connectivity index (χ4n) is 1.67. The topological polar surface area (TPSA) is 54.6 Å². The monoisotopic (exact) mass is 302 g/mol. The van der Waals surface area contributed by atoms with Crippen LogP contribution in [0.15, 0.2) is 44.9 Å². The van der Waals surface area contributed by atoms with Crippen molar-refractivity contribution in [3.05, 3.63) is 51.6 Å². The Kier molecular flexibility index (Phi) is 5.11. The van der Waals surface area contributed by atoms with Gasteiger partial charge in [0.05, 0.1) is 18.0 Å². The standard InChI is InChI=1S/C16H18N2O2S/c1-11(2)15-8-13(10-21-15)16(19)18-17-9-12(3)7-14-5-4-6-20-14/h4-11H,1-3H3,(H,18,19)/b12-7+,17-9+. The lowest BCUT2D eigenvalue weighted by Gasteiger charge is -1.98. The molecule has 0 aromatic carbocycles. The number of nitrogens with one attached hydrogen (secondary N) is 1. The smallest absolute Gasteiger partial charge is 0.272 e. The SMILES string of the molecule is CC(/C=N/NC(=O)c1csc(C(C)C)c1)=C\c1ccco1. The van der Waals surface area contributed by atoms with Gasteiger partial charge in [0.2, 0.25) is 0 Å². The summed E-state index contributed by atoms with van der Waals surface area (Å²) in [5, 5.41) is 5.81. The molecular weight excluding hydrogens is 284 g/mol. The average Bonchev–Trinajstić information content (AvgIpc) is 3.09. The molecule has 0 aliphatic heterocycles. The maximum absolute atomic E-state index is 11.9. The Hall–Kier alpha value is -2.14. The molecule has 2 aromatic heterocycles. The van der Waals surface area contributed by atoms with Crippen LogP contribution in [0.5, 0.6) is 0 Å². The summed E-state index contributed by atoms with van der Waals surface area (Å²) in [5.74, 6) is 0.989. The number of allylic oxidation sites excluding steroid dienone is 1. The van der Waals surface area contributed by atoms with Crippen molar-refractivity contribution < 1.29 is 9.21 Å². The van der Waals surface area contributed by atoms with Crippen LogP contribution < -0.4 is 5.43 Å². The molecule has 4 nitrogen and oxygen atoms in total. The normalized spacial score (nSPS) is 12.3. The highest BCUT2D eigenvalue weighted by atomic mass is 32.1. The van der Waals surface area contributed by atoms with Crippen molar-refractivity contribution in [1.29, 1.82) is 0 Å².